The molecule has 0 radical (unpaired) electrons. The first-order chi connectivity index (χ1) is 5.84. The summed E-state index contributed by atoms with van der Waals surface area (Å²) in [6.45, 7) is 0.908. The van der Waals surface area contributed by atoms with Gasteiger partial charge in [0, 0.05) is 19.1 Å². The highest BCUT2D eigenvalue weighted by Gasteiger charge is 2.25. The molecule has 1 amide bonds. The van der Waals surface area contributed by atoms with Gasteiger partial charge in [0.25, 0.3) is 0 Å². The maximum absolute atomic E-state index is 10.9. The molecule has 0 aliphatic carbocycles. The van der Waals surface area contributed by atoms with E-state index in [-0.39, 0.29) is 5.91 Å². The van der Waals surface area contributed by atoms with Crippen molar-refractivity contribution in [2.24, 2.45) is 0 Å². The number of carbonyl (C=O) groups is 1. The summed E-state index contributed by atoms with van der Waals surface area (Å²) >= 11 is 0. The summed E-state index contributed by atoms with van der Waals surface area (Å²) < 4.78 is 5.50. The van der Waals surface area contributed by atoms with Gasteiger partial charge in [-0.25, -0.2) is 0 Å². The van der Waals surface area contributed by atoms with Crippen molar-refractivity contribution in [1.29, 1.82) is 0 Å². The number of carbonyl (C=O) groups excluding carboxylic acids is 1. The van der Waals surface area contributed by atoms with Crippen LogP contribution in [0.1, 0.15) is 32.1 Å². The molecule has 0 saturated carbocycles. The minimum absolute atomic E-state index is 0.206. The van der Waals surface area contributed by atoms with E-state index < -0.39 is 0 Å². The predicted octanol–water partition coefficient (Wildman–Crippen LogP) is 0.834. The lowest BCUT2D eigenvalue weighted by atomic mass is 10.1. The third-order valence-electron chi connectivity index (χ3n) is 2.66. The molecule has 2 atom stereocenters. The Labute approximate surface area is 72.5 Å². The first kappa shape index (κ1) is 8.05. The van der Waals surface area contributed by atoms with Crippen molar-refractivity contribution >= 4 is 5.91 Å². The van der Waals surface area contributed by atoms with Crippen molar-refractivity contribution in [2.75, 3.05) is 6.61 Å². The first-order valence-corrected chi connectivity index (χ1v) is 4.75. The molecule has 2 rings (SSSR count). The molecular formula is C9H15NO2. The van der Waals surface area contributed by atoms with Gasteiger partial charge < -0.3 is 10.1 Å². The molecule has 0 aromatic heterocycles. The molecule has 2 heterocycles. The molecule has 12 heavy (non-hydrogen) atoms. The highest BCUT2D eigenvalue weighted by atomic mass is 16.5. The summed E-state index contributed by atoms with van der Waals surface area (Å²) in [5.41, 5.74) is 0. The number of ether oxygens (including phenoxy) is 1. The third kappa shape index (κ3) is 1.78. The van der Waals surface area contributed by atoms with E-state index in [9.17, 15) is 4.79 Å². The number of amides is 1. The average Bonchev–Trinajstić information content (AvgIpc) is 2.63. The molecule has 3 nitrogen and oxygen atoms in total. The van der Waals surface area contributed by atoms with Crippen LogP contribution in [0.4, 0.5) is 0 Å². The fraction of sp³-hybridized carbons (Fsp3) is 0.889. The van der Waals surface area contributed by atoms with Crippen LogP contribution in [0.5, 0.6) is 0 Å². The SMILES string of the molecule is O=C1CCC(CC2CCCO2)N1. The molecule has 0 spiro atoms. The van der Waals surface area contributed by atoms with Gasteiger partial charge in [-0.1, -0.05) is 0 Å². The fourth-order valence-corrected chi connectivity index (χ4v) is 2.00. The predicted molar refractivity (Wildman–Crippen MR) is 44.8 cm³/mol. The Kier molecular flexibility index (Phi) is 2.30. The van der Waals surface area contributed by atoms with E-state index >= 15 is 0 Å². The lowest BCUT2D eigenvalue weighted by Gasteiger charge is -2.14. The highest BCUT2D eigenvalue weighted by molar-refractivity contribution is 5.78. The van der Waals surface area contributed by atoms with E-state index in [0.29, 0.717) is 18.6 Å². The zero-order valence-corrected chi connectivity index (χ0v) is 7.21. The summed E-state index contributed by atoms with van der Waals surface area (Å²) in [5, 5.41) is 2.96. The van der Waals surface area contributed by atoms with Crippen LogP contribution in [0, 0.1) is 0 Å². The fourth-order valence-electron chi connectivity index (χ4n) is 2.00. The van der Waals surface area contributed by atoms with Crippen LogP contribution >= 0.6 is 0 Å². The normalized spacial score (nSPS) is 35.5. The number of rotatable bonds is 2. The molecule has 2 fully saturated rings. The second-order valence-corrected chi connectivity index (χ2v) is 3.67. The van der Waals surface area contributed by atoms with Crippen LogP contribution in [-0.4, -0.2) is 24.7 Å². The zero-order chi connectivity index (χ0) is 8.39. The van der Waals surface area contributed by atoms with Gasteiger partial charge in [0.1, 0.15) is 0 Å². The Balaban J connectivity index is 1.75. The molecular weight excluding hydrogens is 154 g/mol. The topological polar surface area (TPSA) is 38.3 Å². The number of nitrogens with one attached hydrogen (secondary N) is 1. The molecule has 0 bridgehead atoms. The molecule has 2 aliphatic rings. The summed E-state index contributed by atoms with van der Waals surface area (Å²) in [5.74, 6) is 0.206. The van der Waals surface area contributed by atoms with Crippen LogP contribution < -0.4 is 5.32 Å². The Bertz CT molecular complexity index is 175. The van der Waals surface area contributed by atoms with E-state index in [0.717, 1.165) is 19.4 Å². The third-order valence-corrected chi connectivity index (χ3v) is 2.66. The second-order valence-electron chi connectivity index (χ2n) is 3.67. The van der Waals surface area contributed by atoms with E-state index in [1.54, 1.807) is 0 Å². The van der Waals surface area contributed by atoms with Gasteiger partial charge in [-0.15, -0.1) is 0 Å². The van der Waals surface area contributed by atoms with Crippen molar-refractivity contribution in [3.63, 3.8) is 0 Å². The average molecular weight is 169 g/mol. The minimum atomic E-state index is 0.206. The van der Waals surface area contributed by atoms with Crippen molar-refractivity contribution < 1.29 is 9.53 Å². The standard InChI is InChI=1S/C9H15NO2/c11-9-4-3-7(10-9)6-8-2-1-5-12-8/h7-8H,1-6H2,(H,10,11). The lowest BCUT2D eigenvalue weighted by Crippen LogP contribution is -2.29. The van der Waals surface area contributed by atoms with Crippen LogP contribution in [0.2, 0.25) is 0 Å². The van der Waals surface area contributed by atoms with E-state index in [2.05, 4.69) is 5.32 Å². The van der Waals surface area contributed by atoms with Crippen molar-refractivity contribution in [3.05, 3.63) is 0 Å². The molecule has 3 heteroatoms. The van der Waals surface area contributed by atoms with Crippen LogP contribution in [0.25, 0.3) is 0 Å². The molecule has 2 unspecified atom stereocenters. The lowest BCUT2D eigenvalue weighted by molar-refractivity contribution is -0.119. The van der Waals surface area contributed by atoms with Gasteiger partial charge >= 0.3 is 0 Å². The van der Waals surface area contributed by atoms with Gasteiger partial charge in [0.05, 0.1) is 6.10 Å². The molecule has 2 aliphatic heterocycles. The van der Waals surface area contributed by atoms with Gasteiger partial charge in [0.15, 0.2) is 0 Å². The van der Waals surface area contributed by atoms with E-state index in [1.807, 2.05) is 0 Å². The molecule has 1 N–H and O–H groups in total. The van der Waals surface area contributed by atoms with Gasteiger partial charge in [-0.2, -0.15) is 0 Å². The van der Waals surface area contributed by atoms with Crippen molar-refractivity contribution in [3.8, 4) is 0 Å². The maximum atomic E-state index is 10.9. The van der Waals surface area contributed by atoms with Crippen molar-refractivity contribution in [1.82, 2.24) is 5.32 Å². The van der Waals surface area contributed by atoms with Crippen LogP contribution in [-0.2, 0) is 9.53 Å². The zero-order valence-electron chi connectivity index (χ0n) is 7.21. The van der Waals surface area contributed by atoms with E-state index in [1.165, 1.54) is 12.8 Å². The first-order valence-electron chi connectivity index (χ1n) is 4.75. The summed E-state index contributed by atoms with van der Waals surface area (Å²) in [6, 6.07) is 0.389. The van der Waals surface area contributed by atoms with E-state index in [4.69, 9.17) is 4.74 Å². The molecule has 68 valence electrons. The van der Waals surface area contributed by atoms with Gasteiger partial charge in [-0.3, -0.25) is 4.79 Å². The van der Waals surface area contributed by atoms with Crippen LogP contribution in [0.15, 0.2) is 0 Å². The maximum Gasteiger partial charge on any atom is 0.220 e. The van der Waals surface area contributed by atoms with Gasteiger partial charge in [0.2, 0.25) is 5.91 Å². The molecule has 2 saturated heterocycles. The smallest absolute Gasteiger partial charge is 0.220 e. The Hall–Kier alpha value is -0.570. The largest absolute Gasteiger partial charge is 0.378 e. The Morgan fingerprint density at radius 2 is 2.42 bits per heavy atom. The summed E-state index contributed by atoms with van der Waals surface area (Å²) in [4.78, 5) is 10.9. The number of hydrogen-bond donors (Lipinski definition) is 1. The Morgan fingerprint density at radius 1 is 1.50 bits per heavy atom. The molecule has 0 aromatic rings. The number of hydrogen-bond acceptors (Lipinski definition) is 2. The summed E-state index contributed by atoms with van der Waals surface area (Å²) in [6.07, 6.45) is 5.49. The van der Waals surface area contributed by atoms with Gasteiger partial charge in [-0.05, 0) is 25.7 Å². The van der Waals surface area contributed by atoms with Crippen molar-refractivity contribution in [2.45, 2.75) is 44.2 Å². The highest BCUT2D eigenvalue weighted by Crippen LogP contribution is 2.20. The molecule has 0 aromatic carbocycles. The summed E-state index contributed by atoms with van der Waals surface area (Å²) in [7, 11) is 0. The second kappa shape index (κ2) is 3.44. The Morgan fingerprint density at radius 3 is 3.00 bits per heavy atom. The quantitative estimate of drug-likeness (QED) is 0.665. The monoisotopic (exact) mass is 169 g/mol. The van der Waals surface area contributed by atoms with Crippen LogP contribution in [0.3, 0.4) is 0 Å². The minimum Gasteiger partial charge on any atom is -0.378 e.